The van der Waals surface area contributed by atoms with Gasteiger partial charge in [0.15, 0.2) is 11.7 Å². The molecule has 0 bridgehead atoms. The predicted octanol–water partition coefficient (Wildman–Crippen LogP) is 1.96. The minimum Gasteiger partial charge on any atom is -0.459 e. The summed E-state index contributed by atoms with van der Waals surface area (Å²) < 4.78 is 5.23. The number of guanidine groups is 1. The molecule has 2 saturated heterocycles. The smallest absolute Gasteiger partial charge is 0.289 e. The highest BCUT2D eigenvalue weighted by Gasteiger charge is 2.25. The van der Waals surface area contributed by atoms with E-state index in [0.717, 1.165) is 38.7 Å². The molecular formula is C19H32IN5O2. The number of amides is 1. The Labute approximate surface area is 179 Å². The molecule has 1 aromatic heterocycles. The summed E-state index contributed by atoms with van der Waals surface area (Å²) in [6.07, 6.45) is 4.07. The van der Waals surface area contributed by atoms with E-state index in [2.05, 4.69) is 29.1 Å². The average molecular weight is 489 g/mol. The Morgan fingerprint density at radius 2 is 2.00 bits per heavy atom. The third-order valence-corrected chi connectivity index (χ3v) is 5.15. The van der Waals surface area contributed by atoms with Crippen molar-refractivity contribution in [1.29, 1.82) is 0 Å². The van der Waals surface area contributed by atoms with Crippen LogP contribution in [0, 0.1) is 5.92 Å². The van der Waals surface area contributed by atoms with Gasteiger partial charge < -0.3 is 24.4 Å². The first-order valence-electron chi connectivity index (χ1n) is 9.72. The molecule has 0 aliphatic carbocycles. The number of carbonyl (C=O) groups is 1. The number of aliphatic imine (C=N–C) groups is 1. The Balaban J connectivity index is 0.00000261. The van der Waals surface area contributed by atoms with Crippen molar-refractivity contribution in [2.75, 3.05) is 59.4 Å². The minimum absolute atomic E-state index is 0. The van der Waals surface area contributed by atoms with Crippen molar-refractivity contribution in [3.63, 3.8) is 0 Å². The third kappa shape index (κ3) is 6.10. The molecule has 3 rings (SSSR count). The van der Waals surface area contributed by atoms with Crippen LogP contribution in [-0.2, 0) is 0 Å². The second-order valence-electron chi connectivity index (χ2n) is 7.22. The van der Waals surface area contributed by atoms with E-state index in [9.17, 15) is 4.79 Å². The number of piperidine rings is 1. The van der Waals surface area contributed by atoms with Gasteiger partial charge in [0.1, 0.15) is 0 Å². The van der Waals surface area contributed by atoms with E-state index < -0.39 is 0 Å². The number of likely N-dealkylation sites (tertiary alicyclic amines) is 1. The van der Waals surface area contributed by atoms with E-state index in [-0.39, 0.29) is 29.9 Å². The zero-order chi connectivity index (χ0) is 18.4. The Morgan fingerprint density at radius 3 is 2.63 bits per heavy atom. The Morgan fingerprint density at radius 1 is 1.26 bits per heavy atom. The molecule has 1 atom stereocenters. The number of halogens is 1. The summed E-state index contributed by atoms with van der Waals surface area (Å²) in [5, 5.41) is 3.42. The summed E-state index contributed by atoms with van der Waals surface area (Å²) >= 11 is 0. The molecule has 0 spiro atoms. The molecule has 1 amide bonds. The van der Waals surface area contributed by atoms with Crippen molar-refractivity contribution in [3.05, 3.63) is 24.2 Å². The van der Waals surface area contributed by atoms with Gasteiger partial charge >= 0.3 is 0 Å². The normalized spacial score (nSPS) is 21.7. The van der Waals surface area contributed by atoms with Gasteiger partial charge in [0.2, 0.25) is 0 Å². The van der Waals surface area contributed by atoms with E-state index in [1.54, 1.807) is 18.4 Å². The van der Waals surface area contributed by atoms with Gasteiger partial charge in [-0.1, -0.05) is 0 Å². The monoisotopic (exact) mass is 489 g/mol. The topological polar surface area (TPSA) is 64.3 Å². The Kier molecular flexibility index (Phi) is 8.88. The fourth-order valence-electron chi connectivity index (χ4n) is 3.74. The van der Waals surface area contributed by atoms with Crippen LogP contribution in [0.5, 0.6) is 0 Å². The lowest BCUT2D eigenvalue weighted by Crippen LogP contribution is -2.54. The second kappa shape index (κ2) is 10.9. The van der Waals surface area contributed by atoms with E-state index >= 15 is 0 Å². The molecule has 1 N–H and O–H groups in total. The lowest BCUT2D eigenvalue weighted by molar-refractivity contribution is 0.0657. The summed E-state index contributed by atoms with van der Waals surface area (Å²) in [7, 11) is 2.19. The van der Waals surface area contributed by atoms with Gasteiger partial charge in [-0.3, -0.25) is 9.79 Å². The lowest BCUT2D eigenvalue weighted by atomic mass is 9.99. The zero-order valence-corrected chi connectivity index (χ0v) is 18.7. The molecule has 2 aliphatic rings. The van der Waals surface area contributed by atoms with E-state index in [4.69, 9.17) is 9.41 Å². The van der Waals surface area contributed by atoms with Crippen molar-refractivity contribution < 1.29 is 9.21 Å². The van der Waals surface area contributed by atoms with E-state index in [0.29, 0.717) is 24.8 Å². The number of piperazine rings is 1. The van der Waals surface area contributed by atoms with Gasteiger partial charge in [0, 0.05) is 45.8 Å². The van der Waals surface area contributed by atoms with Gasteiger partial charge in [-0.2, -0.15) is 0 Å². The van der Waals surface area contributed by atoms with Crippen molar-refractivity contribution in [2.45, 2.75) is 19.8 Å². The van der Waals surface area contributed by atoms with Gasteiger partial charge in [-0.05, 0) is 51.4 Å². The van der Waals surface area contributed by atoms with Crippen molar-refractivity contribution in [3.8, 4) is 0 Å². The number of hydrogen-bond donors (Lipinski definition) is 1. The molecule has 0 radical (unpaired) electrons. The standard InChI is InChI=1S/C19H31N5O2.HI/c1-3-20-19(21-14-16-6-4-8-22(2)15-16)24-11-9-23(10-12-24)18(25)17-7-5-13-26-17;/h5,7,13,16H,3-4,6,8-12,14-15H2,1-2H3,(H,20,21);1H. The first-order valence-corrected chi connectivity index (χ1v) is 9.72. The van der Waals surface area contributed by atoms with Crippen molar-refractivity contribution in [2.24, 2.45) is 10.9 Å². The fraction of sp³-hybridized carbons (Fsp3) is 0.684. The number of nitrogens with zero attached hydrogens (tertiary/aromatic N) is 4. The largest absolute Gasteiger partial charge is 0.459 e. The molecule has 152 valence electrons. The maximum absolute atomic E-state index is 12.4. The van der Waals surface area contributed by atoms with Crippen LogP contribution in [0.4, 0.5) is 0 Å². The van der Waals surface area contributed by atoms with Crippen LogP contribution in [0.3, 0.4) is 0 Å². The van der Waals surface area contributed by atoms with Crippen LogP contribution in [0.2, 0.25) is 0 Å². The van der Waals surface area contributed by atoms with E-state index in [1.807, 2.05) is 4.90 Å². The highest BCUT2D eigenvalue weighted by Crippen LogP contribution is 2.15. The molecular weight excluding hydrogens is 457 g/mol. The molecule has 1 unspecified atom stereocenters. The molecule has 27 heavy (non-hydrogen) atoms. The second-order valence-corrected chi connectivity index (χ2v) is 7.22. The van der Waals surface area contributed by atoms with Crippen molar-refractivity contribution >= 4 is 35.8 Å². The number of rotatable bonds is 4. The van der Waals surface area contributed by atoms with Gasteiger partial charge in [0.05, 0.1) is 6.26 Å². The highest BCUT2D eigenvalue weighted by molar-refractivity contribution is 14.0. The minimum atomic E-state index is -0.0261. The van der Waals surface area contributed by atoms with Crippen LogP contribution < -0.4 is 5.32 Å². The predicted molar refractivity (Wildman–Crippen MR) is 118 cm³/mol. The highest BCUT2D eigenvalue weighted by atomic mass is 127. The van der Waals surface area contributed by atoms with Crippen LogP contribution in [0.1, 0.15) is 30.3 Å². The molecule has 0 saturated carbocycles. The summed E-state index contributed by atoms with van der Waals surface area (Å²) in [5.74, 6) is 2.01. The van der Waals surface area contributed by atoms with Gasteiger partial charge in [0.25, 0.3) is 5.91 Å². The summed E-state index contributed by atoms with van der Waals surface area (Å²) in [5.41, 5.74) is 0. The fourth-order valence-corrected chi connectivity index (χ4v) is 3.74. The molecule has 0 aromatic carbocycles. The summed E-state index contributed by atoms with van der Waals surface area (Å²) in [4.78, 5) is 23.8. The molecule has 1 aromatic rings. The number of furan rings is 1. The quantitative estimate of drug-likeness (QED) is 0.398. The van der Waals surface area contributed by atoms with E-state index in [1.165, 1.54) is 19.4 Å². The zero-order valence-electron chi connectivity index (χ0n) is 16.4. The van der Waals surface area contributed by atoms with Gasteiger partial charge in [-0.15, -0.1) is 24.0 Å². The van der Waals surface area contributed by atoms with Crippen LogP contribution >= 0.6 is 24.0 Å². The molecule has 3 heterocycles. The molecule has 2 fully saturated rings. The molecule has 2 aliphatic heterocycles. The average Bonchev–Trinajstić information content (AvgIpc) is 3.19. The third-order valence-electron chi connectivity index (χ3n) is 5.15. The van der Waals surface area contributed by atoms with Crippen LogP contribution in [0.25, 0.3) is 0 Å². The number of hydrogen-bond acceptors (Lipinski definition) is 4. The maximum atomic E-state index is 12.4. The van der Waals surface area contributed by atoms with Crippen LogP contribution in [-0.4, -0.2) is 86.0 Å². The maximum Gasteiger partial charge on any atom is 0.289 e. The number of carbonyl (C=O) groups excluding carboxylic acids is 1. The van der Waals surface area contributed by atoms with Gasteiger partial charge in [-0.25, -0.2) is 0 Å². The number of nitrogens with one attached hydrogen (secondary N) is 1. The SMILES string of the molecule is CCNC(=NCC1CCCN(C)C1)N1CCN(C(=O)c2ccco2)CC1.I. The summed E-state index contributed by atoms with van der Waals surface area (Å²) in [6, 6.07) is 3.48. The lowest BCUT2D eigenvalue weighted by Gasteiger charge is -2.36. The van der Waals surface area contributed by atoms with Crippen molar-refractivity contribution in [1.82, 2.24) is 20.0 Å². The molecule has 8 heteroatoms. The van der Waals surface area contributed by atoms with Crippen LogP contribution in [0.15, 0.2) is 27.8 Å². The Hall–Kier alpha value is -1.29. The Bertz CT molecular complexity index is 599. The first-order chi connectivity index (χ1) is 12.7. The first kappa shape index (κ1) is 22.0. The molecule has 7 nitrogen and oxygen atoms in total. The summed E-state index contributed by atoms with van der Waals surface area (Å²) in [6.45, 7) is 9.13.